The average molecular weight is 443 g/mol. The van der Waals surface area contributed by atoms with Crippen molar-refractivity contribution < 1.29 is 20.1 Å². The lowest BCUT2D eigenvalue weighted by Gasteiger charge is -2.33. The van der Waals surface area contributed by atoms with E-state index in [0.717, 1.165) is 17.5 Å². The maximum Gasteiger partial charge on any atom is 0.317 e. The molecule has 0 bridgehead atoms. The van der Waals surface area contributed by atoms with Gasteiger partial charge >= 0.3 is 11.1 Å². The van der Waals surface area contributed by atoms with Gasteiger partial charge in [-0.3, -0.25) is 14.2 Å². The van der Waals surface area contributed by atoms with Gasteiger partial charge in [0, 0.05) is 6.54 Å². The molecule has 1 saturated heterocycles. The zero-order valence-electron chi connectivity index (χ0n) is 17.7. The number of hydrogen-bond acceptors (Lipinski definition) is 8. The Kier molecular flexibility index (Phi) is 4.82. The molecular formula is C21H25N5O6. The molecule has 5 rings (SSSR count). The van der Waals surface area contributed by atoms with Gasteiger partial charge in [0.2, 0.25) is 0 Å². The molecule has 11 heteroatoms. The quantitative estimate of drug-likeness (QED) is 0.440. The fourth-order valence-electron chi connectivity index (χ4n) is 4.69. The molecule has 0 spiro atoms. The van der Waals surface area contributed by atoms with E-state index >= 15 is 0 Å². The second-order valence-corrected chi connectivity index (χ2v) is 9.07. The molecular weight excluding hydrogens is 418 g/mol. The molecule has 0 amide bonds. The maximum absolute atomic E-state index is 13.0. The van der Waals surface area contributed by atoms with Gasteiger partial charge in [-0.15, -0.1) is 5.10 Å². The van der Waals surface area contributed by atoms with Crippen LogP contribution < -0.4 is 11.1 Å². The van der Waals surface area contributed by atoms with E-state index in [0.29, 0.717) is 17.8 Å². The van der Waals surface area contributed by atoms with Crippen molar-refractivity contribution in [3.05, 3.63) is 56.4 Å². The van der Waals surface area contributed by atoms with E-state index in [2.05, 4.69) is 24.2 Å². The number of aliphatic hydroxyl groups excluding tert-OH is 3. The molecule has 32 heavy (non-hydrogen) atoms. The zero-order valence-corrected chi connectivity index (χ0v) is 17.7. The van der Waals surface area contributed by atoms with Gasteiger partial charge in [0.05, 0.1) is 30.4 Å². The van der Waals surface area contributed by atoms with E-state index in [1.54, 1.807) is 4.57 Å². The molecule has 0 aliphatic carbocycles. The summed E-state index contributed by atoms with van der Waals surface area (Å²) in [5.74, 6) is 0. The van der Waals surface area contributed by atoms with Gasteiger partial charge in [0.25, 0.3) is 0 Å². The predicted octanol–water partition coefficient (Wildman–Crippen LogP) is -0.904. The number of hydrogen-bond donors (Lipinski definition) is 3. The summed E-state index contributed by atoms with van der Waals surface area (Å²) in [6.45, 7) is 4.28. The zero-order chi connectivity index (χ0) is 22.8. The topological polar surface area (TPSA) is 145 Å². The average Bonchev–Trinajstić information content (AvgIpc) is 3.34. The van der Waals surface area contributed by atoms with Crippen molar-refractivity contribution in [2.75, 3.05) is 6.61 Å². The Hall–Kier alpha value is -2.86. The Bertz CT molecular complexity index is 1310. The molecule has 0 radical (unpaired) electrons. The number of aromatic nitrogens is 5. The first-order valence-corrected chi connectivity index (χ1v) is 10.5. The molecule has 4 heterocycles. The van der Waals surface area contributed by atoms with Crippen LogP contribution in [-0.2, 0) is 23.2 Å². The highest BCUT2D eigenvalue weighted by Crippen LogP contribution is 2.36. The number of para-hydroxylation sites is 1. The van der Waals surface area contributed by atoms with Gasteiger partial charge in [-0.25, -0.2) is 4.68 Å². The summed E-state index contributed by atoms with van der Waals surface area (Å²) in [5.41, 5.74) is 1.45. The molecule has 170 valence electrons. The van der Waals surface area contributed by atoms with Gasteiger partial charge in [0.1, 0.15) is 24.0 Å². The van der Waals surface area contributed by atoms with Crippen molar-refractivity contribution in [1.29, 1.82) is 0 Å². The molecule has 1 fully saturated rings. The number of aliphatic hydroxyl groups is 3. The first-order valence-electron chi connectivity index (χ1n) is 10.5. The first-order chi connectivity index (χ1) is 15.2. The molecule has 0 saturated carbocycles. The Morgan fingerprint density at radius 2 is 1.97 bits per heavy atom. The van der Waals surface area contributed by atoms with Gasteiger partial charge in [-0.05, 0) is 23.5 Å². The van der Waals surface area contributed by atoms with E-state index in [-0.39, 0.29) is 12.0 Å². The fourth-order valence-corrected chi connectivity index (χ4v) is 4.69. The molecule has 4 atom stereocenters. The summed E-state index contributed by atoms with van der Waals surface area (Å²) in [6.07, 6.45) is -2.26. The van der Waals surface area contributed by atoms with Crippen molar-refractivity contribution in [3.63, 3.8) is 0 Å². The third kappa shape index (κ3) is 3.04. The van der Waals surface area contributed by atoms with E-state index in [9.17, 15) is 24.9 Å². The van der Waals surface area contributed by atoms with Gasteiger partial charge in [-0.1, -0.05) is 31.2 Å². The summed E-state index contributed by atoms with van der Waals surface area (Å²) in [5, 5.41) is 37.5. The molecule has 2 aliphatic heterocycles. The summed E-state index contributed by atoms with van der Waals surface area (Å²) in [7, 11) is 0. The minimum absolute atomic E-state index is 0.00406. The highest BCUT2D eigenvalue weighted by Gasteiger charge is 2.44. The number of rotatable bonds is 4. The first kappa shape index (κ1) is 21.0. The van der Waals surface area contributed by atoms with Gasteiger partial charge < -0.3 is 24.6 Å². The second-order valence-electron chi connectivity index (χ2n) is 9.07. The lowest BCUT2D eigenvalue weighted by atomic mass is 9.78. The summed E-state index contributed by atoms with van der Waals surface area (Å²) in [6, 6.07) is 5.68. The van der Waals surface area contributed by atoms with Crippen molar-refractivity contribution in [1.82, 2.24) is 24.1 Å². The van der Waals surface area contributed by atoms with Crippen molar-refractivity contribution in [3.8, 4) is 0 Å². The molecule has 0 unspecified atom stereocenters. The van der Waals surface area contributed by atoms with Gasteiger partial charge in [0.15, 0.2) is 6.23 Å². The fraction of sp³-hybridized carbons (Fsp3) is 0.524. The van der Waals surface area contributed by atoms with Crippen LogP contribution >= 0.6 is 0 Å². The number of benzene rings is 1. The Labute approximate surface area is 182 Å². The van der Waals surface area contributed by atoms with Crippen molar-refractivity contribution in [2.24, 2.45) is 0 Å². The highest BCUT2D eigenvalue weighted by molar-refractivity contribution is 5.81. The van der Waals surface area contributed by atoms with Crippen LogP contribution in [0.5, 0.6) is 0 Å². The maximum atomic E-state index is 13.0. The summed E-state index contributed by atoms with van der Waals surface area (Å²) >= 11 is 0. The number of nitrogens with zero attached hydrogens (tertiary/aromatic N) is 5. The SMILES string of the molecule is CC1(C)CCn2c(=O)c(=O)n(Cc3cn([C@@H]4O[C@H](CO)[C@@H](O)[C@H]4O)nn3)c3cccc1c32. The van der Waals surface area contributed by atoms with Crippen LogP contribution in [0.1, 0.15) is 37.8 Å². The molecule has 1 aromatic carbocycles. The van der Waals surface area contributed by atoms with Crippen LogP contribution in [0, 0.1) is 0 Å². The monoisotopic (exact) mass is 443 g/mol. The minimum atomic E-state index is -1.29. The second kappa shape index (κ2) is 7.34. The van der Waals surface area contributed by atoms with Gasteiger partial charge in [-0.2, -0.15) is 0 Å². The molecule has 2 aliphatic rings. The Morgan fingerprint density at radius 1 is 1.19 bits per heavy atom. The standard InChI is InChI=1S/C21H25N5O6/c1-21(2)6-7-24-15-12(21)4-3-5-13(15)25(19(31)18(24)30)8-11-9-26(23-22-11)20-17(29)16(28)14(10-27)32-20/h3-5,9,14,16-17,20,27-29H,6-8,10H2,1-2H3/t14-,16-,17-,20-/m1/s1. The summed E-state index contributed by atoms with van der Waals surface area (Å²) < 4.78 is 9.66. The van der Waals surface area contributed by atoms with E-state index in [4.69, 9.17) is 4.74 Å². The number of ether oxygens (including phenoxy) is 1. The lowest BCUT2D eigenvalue weighted by molar-refractivity contribution is -0.0594. The smallest absolute Gasteiger partial charge is 0.317 e. The van der Waals surface area contributed by atoms with E-state index in [1.165, 1.54) is 15.4 Å². The minimum Gasteiger partial charge on any atom is -0.394 e. The Balaban J connectivity index is 1.56. The van der Waals surface area contributed by atoms with Crippen LogP contribution in [-0.4, -0.2) is 64.4 Å². The largest absolute Gasteiger partial charge is 0.394 e. The highest BCUT2D eigenvalue weighted by atomic mass is 16.6. The summed E-state index contributed by atoms with van der Waals surface area (Å²) in [4.78, 5) is 25.8. The van der Waals surface area contributed by atoms with E-state index in [1.807, 2.05) is 18.2 Å². The van der Waals surface area contributed by atoms with Crippen LogP contribution in [0.3, 0.4) is 0 Å². The molecule has 2 aromatic heterocycles. The van der Waals surface area contributed by atoms with Crippen LogP contribution in [0.25, 0.3) is 11.0 Å². The van der Waals surface area contributed by atoms with Crippen LogP contribution in [0.2, 0.25) is 0 Å². The van der Waals surface area contributed by atoms with Crippen LogP contribution in [0.4, 0.5) is 0 Å². The third-order valence-corrected chi connectivity index (χ3v) is 6.59. The lowest BCUT2D eigenvalue weighted by Crippen LogP contribution is -2.44. The molecule has 3 N–H and O–H groups in total. The molecule has 11 nitrogen and oxygen atoms in total. The molecule has 3 aromatic rings. The number of aryl methyl sites for hydroxylation is 1. The van der Waals surface area contributed by atoms with Crippen molar-refractivity contribution in [2.45, 2.75) is 63.3 Å². The predicted molar refractivity (Wildman–Crippen MR) is 112 cm³/mol. The Morgan fingerprint density at radius 3 is 2.69 bits per heavy atom. The third-order valence-electron chi connectivity index (χ3n) is 6.59. The van der Waals surface area contributed by atoms with E-state index < -0.39 is 42.3 Å². The van der Waals surface area contributed by atoms with Crippen LogP contribution in [0.15, 0.2) is 34.0 Å². The normalized spacial score (nSPS) is 26.7. The van der Waals surface area contributed by atoms with Crippen molar-refractivity contribution >= 4 is 11.0 Å².